The van der Waals surface area contributed by atoms with Gasteiger partial charge in [-0.25, -0.2) is 5.48 Å². The summed E-state index contributed by atoms with van der Waals surface area (Å²) in [5.74, 6) is 0.132. The van der Waals surface area contributed by atoms with Crippen molar-refractivity contribution in [3.8, 4) is 5.75 Å². The largest absolute Gasteiger partial charge is 0.486 e. The fourth-order valence-corrected chi connectivity index (χ4v) is 2.86. The van der Waals surface area contributed by atoms with E-state index in [0.29, 0.717) is 17.9 Å². The van der Waals surface area contributed by atoms with Gasteiger partial charge in [-0.2, -0.15) is 0 Å². The standard InChI is InChI=1S/C18H20N2O3/c1-18(2)12-20(15-6-4-3-5-7-15)11-14-9-8-13(17(21)19-22)10-16(14)23-18/h3-10,22H,11-12H2,1-2H3,(H,19,21). The van der Waals surface area contributed by atoms with E-state index in [9.17, 15) is 4.79 Å². The molecule has 0 bridgehead atoms. The van der Waals surface area contributed by atoms with Crippen molar-refractivity contribution in [2.45, 2.75) is 26.0 Å². The topological polar surface area (TPSA) is 61.8 Å². The van der Waals surface area contributed by atoms with E-state index in [-0.39, 0.29) is 0 Å². The summed E-state index contributed by atoms with van der Waals surface area (Å²) < 4.78 is 6.13. The van der Waals surface area contributed by atoms with Crippen molar-refractivity contribution in [3.05, 3.63) is 59.7 Å². The van der Waals surface area contributed by atoms with Gasteiger partial charge in [0.2, 0.25) is 0 Å². The van der Waals surface area contributed by atoms with Crippen molar-refractivity contribution in [2.75, 3.05) is 11.4 Å². The van der Waals surface area contributed by atoms with Crippen LogP contribution < -0.4 is 15.1 Å². The number of carbonyl (C=O) groups excluding carboxylic acids is 1. The molecule has 0 saturated carbocycles. The van der Waals surface area contributed by atoms with E-state index in [4.69, 9.17) is 9.94 Å². The molecule has 2 N–H and O–H groups in total. The first-order valence-corrected chi connectivity index (χ1v) is 7.55. The number of ether oxygens (including phenoxy) is 1. The number of para-hydroxylation sites is 1. The van der Waals surface area contributed by atoms with Crippen molar-refractivity contribution in [3.63, 3.8) is 0 Å². The van der Waals surface area contributed by atoms with Crippen molar-refractivity contribution in [2.24, 2.45) is 0 Å². The van der Waals surface area contributed by atoms with Crippen molar-refractivity contribution in [1.82, 2.24) is 5.48 Å². The van der Waals surface area contributed by atoms with Gasteiger partial charge >= 0.3 is 0 Å². The van der Waals surface area contributed by atoms with Crippen LogP contribution in [0.3, 0.4) is 0 Å². The summed E-state index contributed by atoms with van der Waals surface area (Å²) in [5, 5.41) is 8.79. The summed E-state index contributed by atoms with van der Waals surface area (Å²) >= 11 is 0. The third-order valence-corrected chi connectivity index (χ3v) is 3.87. The van der Waals surface area contributed by atoms with Gasteiger partial charge in [0, 0.05) is 23.4 Å². The molecule has 0 radical (unpaired) electrons. The summed E-state index contributed by atoms with van der Waals surface area (Å²) in [6, 6.07) is 15.4. The van der Waals surface area contributed by atoms with Crippen LogP contribution in [0.1, 0.15) is 29.8 Å². The molecule has 0 atom stereocenters. The average molecular weight is 312 g/mol. The highest BCUT2D eigenvalue weighted by atomic mass is 16.5. The molecule has 0 fully saturated rings. The van der Waals surface area contributed by atoms with Crippen LogP contribution in [0, 0.1) is 0 Å². The van der Waals surface area contributed by atoms with Crippen molar-refractivity contribution < 1.29 is 14.7 Å². The fraction of sp³-hybridized carbons (Fsp3) is 0.278. The van der Waals surface area contributed by atoms with E-state index >= 15 is 0 Å². The number of hydrogen-bond donors (Lipinski definition) is 2. The Bertz CT molecular complexity index is 713. The number of hydrogen-bond acceptors (Lipinski definition) is 4. The number of hydroxylamine groups is 1. The van der Waals surface area contributed by atoms with Gasteiger partial charge in [0.1, 0.15) is 11.4 Å². The van der Waals surface area contributed by atoms with Crippen LogP contribution in [-0.4, -0.2) is 23.3 Å². The fourth-order valence-electron chi connectivity index (χ4n) is 2.86. The number of amides is 1. The van der Waals surface area contributed by atoms with E-state index in [1.54, 1.807) is 17.6 Å². The third-order valence-electron chi connectivity index (χ3n) is 3.87. The molecule has 1 aliphatic rings. The highest BCUT2D eigenvalue weighted by Gasteiger charge is 2.29. The van der Waals surface area contributed by atoms with E-state index in [0.717, 1.165) is 17.8 Å². The molecular formula is C18H20N2O3. The van der Waals surface area contributed by atoms with E-state index in [2.05, 4.69) is 17.0 Å². The Hall–Kier alpha value is -2.53. The van der Waals surface area contributed by atoms with Gasteiger partial charge in [0.25, 0.3) is 5.91 Å². The zero-order chi connectivity index (χ0) is 16.4. The molecule has 23 heavy (non-hydrogen) atoms. The molecule has 0 unspecified atom stereocenters. The second-order valence-corrected chi connectivity index (χ2v) is 6.32. The van der Waals surface area contributed by atoms with E-state index < -0.39 is 11.5 Å². The Labute approximate surface area is 135 Å². The number of rotatable bonds is 2. The Morgan fingerprint density at radius 2 is 1.96 bits per heavy atom. The lowest BCUT2D eigenvalue weighted by Crippen LogP contribution is -2.40. The van der Waals surface area contributed by atoms with Gasteiger partial charge in [-0.3, -0.25) is 10.0 Å². The van der Waals surface area contributed by atoms with Crippen molar-refractivity contribution in [1.29, 1.82) is 0 Å². The Balaban J connectivity index is 1.99. The predicted molar refractivity (Wildman–Crippen MR) is 87.9 cm³/mol. The van der Waals surface area contributed by atoms with Crippen LogP contribution in [0.15, 0.2) is 48.5 Å². The molecule has 1 heterocycles. The molecule has 0 aliphatic carbocycles. The normalized spacial score (nSPS) is 16.0. The number of nitrogens with zero attached hydrogens (tertiary/aromatic N) is 1. The maximum absolute atomic E-state index is 11.6. The van der Waals surface area contributed by atoms with Gasteiger partial charge in [-0.05, 0) is 38.1 Å². The van der Waals surface area contributed by atoms with E-state index in [1.165, 1.54) is 0 Å². The lowest BCUT2D eigenvalue weighted by atomic mass is 10.1. The zero-order valence-corrected chi connectivity index (χ0v) is 13.2. The molecule has 2 aromatic carbocycles. The van der Waals surface area contributed by atoms with Gasteiger partial charge in [0.05, 0.1) is 6.54 Å². The molecule has 1 amide bonds. The van der Waals surface area contributed by atoms with E-state index in [1.807, 2.05) is 38.1 Å². The molecular weight excluding hydrogens is 292 g/mol. The number of carbonyl (C=O) groups is 1. The second kappa shape index (κ2) is 5.93. The molecule has 0 spiro atoms. The zero-order valence-electron chi connectivity index (χ0n) is 13.2. The number of fused-ring (bicyclic) bond motifs is 1. The summed E-state index contributed by atoms with van der Waals surface area (Å²) in [7, 11) is 0. The summed E-state index contributed by atoms with van der Waals surface area (Å²) in [5.41, 5.74) is 3.76. The number of anilines is 1. The molecule has 0 saturated heterocycles. The molecule has 120 valence electrons. The first kappa shape index (κ1) is 15.4. The lowest BCUT2D eigenvalue weighted by Gasteiger charge is -2.30. The molecule has 0 aromatic heterocycles. The maximum Gasteiger partial charge on any atom is 0.274 e. The lowest BCUT2D eigenvalue weighted by molar-refractivity contribution is 0.0704. The smallest absolute Gasteiger partial charge is 0.274 e. The second-order valence-electron chi connectivity index (χ2n) is 6.32. The van der Waals surface area contributed by atoms with Crippen LogP contribution >= 0.6 is 0 Å². The summed E-state index contributed by atoms with van der Waals surface area (Å²) in [6.45, 7) is 5.48. The minimum absolute atomic E-state index is 0.371. The molecule has 5 nitrogen and oxygen atoms in total. The van der Waals surface area contributed by atoms with Crippen LogP contribution in [0.4, 0.5) is 5.69 Å². The van der Waals surface area contributed by atoms with Gasteiger partial charge < -0.3 is 9.64 Å². The number of benzene rings is 2. The maximum atomic E-state index is 11.6. The van der Waals surface area contributed by atoms with Crippen LogP contribution in [-0.2, 0) is 6.54 Å². The highest BCUT2D eigenvalue weighted by Crippen LogP contribution is 2.32. The third kappa shape index (κ3) is 3.29. The first-order valence-electron chi connectivity index (χ1n) is 7.55. The van der Waals surface area contributed by atoms with Crippen LogP contribution in [0.2, 0.25) is 0 Å². The Morgan fingerprint density at radius 3 is 2.65 bits per heavy atom. The molecule has 5 heteroatoms. The minimum Gasteiger partial charge on any atom is -0.486 e. The predicted octanol–water partition coefficient (Wildman–Crippen LogP) is 2.98. The minimum atomic E-state index is -0.543. The Morgan fingerprint density at radius 1 is 1.22 bits per heavy atom. The quantitative estimate of drug-likeness (QED) is 0.661. The van der Waals surface area contributed by atoms with Crippen LogP contribution in [0.25, 0.3) is 0 Å². The number of nitrogens with one attached hydrogen (secondary N) is 1. The first-order chi connectivity index (χ1) is 11.0. The van der Waals surface area contributed by atoms with Crippen molar-refractivity contribution >= 4 is 11.6 Å². The summed E-state index contributed by atoms with van der Waals surface area (Å²) in [4.78, 5) is 13.9. The highest BCUT2D eigenvalue weighted by molar-refractivity contribution is 5.93. The Kier molecular flexibility index (Phi) is 3.96. The SMILES string of the molecule is CC1(C)CN(c2ccccc2)Cc2ccc(C(=O)NO)cc2O1. The molecule has 1 aliphatic heterocycles. The average Bonchev–Trinajstić information content (AvgIpc) is 2.68. The van der Waals surface area contributed by atoms with Gasteiger partial charge in [-0.1, -0.05) is 24.3 Å². The monoisotopic (exact) mass is 312 g/mol. The molecule has 3 rings (SSSR count). The van der Waals surface area contributed by atoms with Gasteiger partial charge in [0.15, 0.2) is 0 Å². The van der Waals surface area contributed by atoms with Gasteiger partial charge in [-0.15, -0.1) is 0 Å². The van der Waals surface area contributed by atoms with Crippen LogP contribution in [0.5, 0.6) is 5.75 Å². The summed E-state index contributed by atoms with van der Waals surface area (Å²) in [6.07, 6.45) is 0. The molecule has 2 aromatic rings.